The van der Waals surface area contributed by atoms with Gasteiger partial charge in [0.05, 0.1) is 5.97 Å². The third kappa shape index (κ3) is 10.6. The zero-order valence-corrected chi connectivity index (χ0v) is 10.7. The van der Waals surface area contributed by atoms with E-state index in [1.165, 1.54) is 0 Å². The van der Waals surface area contributed by atoms with Crippen LogP contribution in [0.15, 0.2) is 0 Å². The first-order valence-electron chi connectivity index (χ1n) is 3.85. The van der Waals surface area contributed by atoms with E-state index in [-0.39, 0.29) is 56.6 Å². The molecule has 0 radical (unpaired) electrons. The van der Waals surface area contributed by atoms with Crippen molar-refractivity contribution in [1.82, 2.24) is 0 Å². The Morgan fingerprint density at radius 3 is 1.42 bits per heavy atom. The van der Waals surface area contributed by atoms with Gasteiger partial charge in [-0.15, -0.1) is 0 Å². The Bertz CT molecular complexity index is 294. The van der Waals surface area contributed by atoms with E-state index in [4.69, 9.17) is 10.0 Å². The third-order valence-corrected chi connectivity index (χ3v) is 1.56. The summed E-state index contributed by atoms with van der Waals surface area (Å²) in [6.07, 6.45) is -2.86. The maximum Gasteiger partial charge on any atom is 1.00 e. The van der Waals surface area contributed by atoms with E-state index in [2.05, 4.69) is 4.65 Å². The van der Waals surface area contributed by atoms with Crippen molar-refractivity contribution in [2.45, 2.75) is 18.4 Å². The summed E-state index contributed by atoms with van der Waals surface area (Å²) in [5.41, 5.74) is -2.95. The number of carboxylic acid groups (broad SMARTS) is 3. The van der Waals surface area contributed by atoms with Crippen LogP contribution in [0.3, 0.4) is 0 Å². The molecule has 0 spiro atoms. The van der Waals surface area contributed by atoms with Gasteiger partial charge in [-0.05, 0) is 0 Å². The molecule has 0 heterocycles. The second-order valence-electron chi connectivity index (χ2n) is 2.82. The molecular formula is C6H6BLi3O9. The molecule has 2 N–H and O–H groups in total. The van der Waals surface area contributed by atoms with Crippen molar-refractivity contribution in [2.24, 2.45) is 0 Å². The molecule has 0 saturated carbocycles. The molecule has 0 unspecified atom stereocenters. The molecule has 13 heteroatoms. The van der Waals surface area contributed by atoms with E-state index in [9.17, 15) is 29.7 Å². The maximum atomic E-state index is 10.6. The van der Waals surface area contributed by atoms with Crippen molar-refractivity contribution in [2.75, 3.05) is 0 Å². The number of rotatable bonds is 7. The van der Waals surface area contributed by atoms with Gasteiger partial charge in [0.2, 0.25) is 0 Å². The molecule has 0 aliphatic carbocycles. The van der Waals surface area contributed by atoms with E-state index in [0.29, 0.717) is 0 Å². The van der Waals surface area contributed by atoms with Crippen LogP contribution in [0.25, 0.3) is 0 Å². The van der Waals surface area contributed by atoms with E-state index < -0.39 is 43.7 Å². The van der Waals surface area contributed by atoms with Gasteiger partial charge in [0.1, 0.15) is 5.60 Å². The smallest absolute Gasteiger partial charge is 0.550 e. The number of carbonyl (C=O) groups excluding carboxylic acids is 3. The largest absolute Gasteiger partial charge is 1.00 e. The number of hydrogen-bond acceptors (Lipinski definition) is 9. The molecule has 0 rings (SSSR count). The minimum atomic E-state index is -2.95. The number of aliphatic carboxylic acids is 3. The SMILES string of the molecule is O=C([O-])CC(CC(=O)[O-])(OB(O)O)C(=O)[O-].[Li+].[Li+].[Li+]. The first-order chi connectivity index (χ1) is 7.19. The van der Waals surface area contributed by atoms with Crippen molar-refractivity contribution >= 4 is 25.2 Å². The van der Waals surface area contributed by atoms with Crippen molar-refractivity contribution in [1.29, 1.82) is 0 Å². The van der Waals surface area contributed by atoms with E-state index in [0.717, 1.165) is 0 Å². The quantitative estimate of drug-likeness (QED) is 0.418. The van der Waals surface area contributed by atoms with Crippen LogP contribution in [0.2, 0.25) is 0 Å². The number of carboxylic acids is 3. The van der Waals surface area contributed by atoms with E-state index in [1.54, 1.807) is 0 Å². The molecule has 0 saturated heterocycles. The molecule has 0 aromatic heterocycles. The summed E-state index contributed by atoms with van der Waals surface area (Å²) < 4.78 is 3.93. The molecule has 0 bridgehead atoms. The Morgan fingerprint density at radius 2 is 1.26 bits per heavy atom. The molecule has 0 amide bonds. The van der Waals surface area contributed by atoms with Gasteiger partial charge in [-0.1, -0.05) is 0 Å². The zero-order valence-electron chi connectivity index (χ0n) is 10.7. The van der Waals surface area contributed by atoms with Crippen LogP contribution in [0.4, 0.5) is 0 Å². The van der Waals surface area contributed by atoms with Crippen LogP contribution in [-0.4, -0.2) is 40.9 Å². The van der Waals surface area contributed by atoms with Crippen LogP contribution in [-0.2, 0) is 19.0 Å². The maximum absolute atomic E-state index is 10.6. The van der Waals surface area contributed by atoms with Crippen molar-refractivity contribution < 1.29 is 101 Å². The fourth-order valence-electron chi connectivity index (χ4n) is 1.01. The Kier molecular flexibility index (Phi) is 17.3. The number of hydrogen-bond donors (Lipinski definition) is 2. The summed E-state index contributed by atoms with van der Waals surface area (Å²) in [4.78, 5) is 31.0. The molecule has 0 atom stereocenters. The molecule has 0 fully saturated rings. The summed E-state index contributed by atoms with van der Waals surface area (Å²) in [5.74, 6) is -6.17. The molecule has 19 heavy (non-hydrogen) atoms. The average molecular weight is 254 g/mol. The second-order valence-corrected chi connectivity index (χ2v) is 2.82. The van der Waals surface area contributed by atoms with E-state index >= 15 is 0 Å². The van der Waals surface area contributed by atoms with Gasteiger partial charge < -0.3 is 44.4 Å². The summed E-state index contributed by atoms with van der Waals surface area (Å²) >= 11 is 0. The summed E-state index contributed by atoms with van der Waals surface area (Å²) in [5, 5.41) is 47.8. The van der Waals surface area contributed by atoms with Crippen molar-refractivity contribution in [3.63, 3.8) is 0 Å². The minimum absolute atomic E-state index is 0. The molecule has 0 aromatic carbocycles. The summed E-state index contributed by atoms with van der Waals surface area (Å²) in [7, 11) is -2.68. The Morgan fingerprint density at radius 1 is 0.947 bits per heavy atom. The van der Waals surface area contributed by atoms with Gasteiger partial charge in [0.25, 0.3) is 0 Å². The summed E-state index contributed by atoms with van der Waals surface area (Å²) in [6, 6.07) is 0. The Labute approximate surface area is 144 Å². The van der Waals surface area contributed by atoms with Crippen LogP contribution in [0, 0.1) is 0 Å². The van der Waals surface area contributed by atoms with Gasteiger partial charge in [0, 0.05) is 24.8 Å². The summed E-state index contributed by atoms with van der Waals surface area (Å²) in [6.45, 7) is 0. The molecule has 9 nitrogen and oxygen atoms in total. The monoisotopic (exact) mass is 254 g/mol. The molecule has 0 aromatic rings. The Balaban J connectivity index is -0.000000375. The van der Waals surface area contributed by atoms with Gasteiger partial charge in [-0.25, -0.2) is 0 Å². The second kappa shape index (κ2) is 11.9. The fourth-order valence-corrected chi connectivity index (χ4v) is 1.01. The normalized spacial score (nSPS) is 9.16. The zero-order chi connectivity index (χ0) is 12.9. The van der Waals surface area contributed by atoms with Gasteiger partial charge in [0.15, 0.2) is 0 Å². The van der Waals surface area contributed by atoms with Crippen molar-refractivity contribution in [3.8, 4) is 0 Å². The molecule has 90 valence electrons. The average Bonchev–Trinajstić information content (AvgIpc) is 1.98. The van der Waals surface area contributed by atoms with Crippen LogP contribution in [0.1, 0.15) is 12.8 Å². The van der Waals surface area contributed by atoms with Crippen molar-refractivity contribution in [3.05, 3.63) is 0 Å². The molecular weight excluding hydrogens is 248 g/mol. The first-order valence-corrected chi connectivity index (χ1v) is 3.85. The molecule has 0 aliphatic heterocycles. The van der Waals surface area contributed by atoms with Crippen LogP contribution < -0.4 is 71.9 Å². The molecule has 0 aliphatic rings. The predicted octanol–water partition coefficient (Wildman–Crippen LogP) is -15.2. The van der Waals surface area contributed by atoms with Crippen LogP contribution in [0.5, 0.6) is 0 Å². The number of carbonyl (C=O) groups is 3. The van der Waals surface area contributed by atoms with E-state index in [1.807, 2.05) is 0 Å². The standard InChI is InChI=1S/C6H9BO9.3Li/c8-3(9)1-6(5(12)13,2-4(10)11)16-7(14)15;;;/h14-15H,1-2H2,(H,8,9)(H,10,11)(H,12,13);;;/q;3*+1/p-3. The fraction of sp³-hybridized carbons (Fsp3) is 0.500. The minimum Gasteiger partial charge on any atom is -0.550 e. The topological polar surface area (TPSA) is 170 Å². The Hall–Kier alpha value is 0.147. The third-order valence-electron chi connectivity index (χ3n) is 1.56. The van der Waals surface area contributed by atoms with Crippen LogP contribution >= 0.6 is 0 Å². The van der Waals surface area contributed by atoms with Gasteiger partial charge in [-0.2, -0.15) is 0 Å². The first kappa shape index (κ1) is 27.5. The predicted molar refractivity (Wildman–Crippen MR) is 38.3 cm³/mol. The van der Waals surface area contributed by atoms with Gasteiger partial charge in [-0.3, -0.25) is 0 Å². The van der Waals surface area contributed by atoms with Gasteiger partial charge >= 0.3 is 63.9 Å².